The van der Waals surface area contributed by atoms with Crippen LogP contribution in [0.2, 0.25) is 0 Å². The maximum absolute atomic E-state index is 11.0. The number of nitrogens with zero attached hydrogens (tertiary/aromatic N) is 1. The zero-order valence-corrected chi connectivity index (χ0v) is 3.08. The zero-order valence-electron chi connectivity index (χ0n) is 3.08. The summed E-state index contributed by atoms with van der Waals surface area (Å²) < 4.78 is 32.4. The Bertz CT molecular complexity index is 128. The van der Waals surface area contributed by atoms with Crippen LogP contribution in [0.15, 0.2) is 11.9 Å². The second kappa shape index (κ2) is 2.24. The molecule has 0 aliphatic rings. The molecule has 0 aromatic heterocycles. The Hall–Kier alpha value is -0.980. The fourth-order valence-corrected chi connectivity index (χ4v) is 0.0423. The summed E-state index contributed by atoms with van der Waals surface area (Å²) in [6, 6.07) is 0.627. The van der Waals surface area contributed by atoms with Crippen LogP contribution in [0, 0.1) is 11.3 Å². The lowest BCUT2D eigenvalue weighted by Crippen LogP contribution is -1.64. The van der Waals surface area contributed by atoms with Gasteiger partial charge in [0, 0.05) is 0 Å². The third-order valence-corrected chi connectivity index (χ3v) is 0.264. The first-order valence-corrected chi connectivity index (χ1v) is 1.29. The van der Waals surface area contributed by atoms with E-state index in [2.05, 4.69) is 0 Å². The molecule has 0 aliphatic carbocycles. The van der Waals surface area contributed by atoms with Gasteiger partial charge in [0.05, 0.1) is 0 Å². The summed E-state index contributed by atoms with van der Waals surface area (Å²) in [4.78, 5) is 0. The monoisotopic (exact) mass is 107 g/mol. The Kier molecular flexibility index (Phi) is 1.93. The van der Waals surface area contributed by atoms with Crippen molar-refractivity contribution in [3.05, 3.63) is 11.9 Å². The summed E-state index contributed by atoms with van der Waals surface area (Å²) in [6.07, 6.45) is -2.57. The van der Waals surface area contributed by atoms with Crippen molar-refractivity contribution in [2.24, 2.45) is 0 Å². The summed E-state index contributed by atoms with van der Waals surface area (Å²) in [5.41, 5.74) is 0. The van der Waals surface area contributed by atoms with E-state index < -0.39 is 11.9 Å². The summed E-state index contributed by atoms with van der Waals surface area (Å²) >= 11 is 0. The van der Waals surface area contributed by atoms with Gasteiger partial charge in [0.1, 0.15) is 6.07 Å². The summed E-state index contributed by atoms with van der Waals surface area (Å²) in [6.45, 7) is 0. The first-order valence-electron chi connectivity index (χ1n) is 1.29. The quantitative estimate of drug-likeness (QED) is 0.431. The van der Waals surface area contributed by atoms with E-state index in [0.717, 1.165) is 0 Å². The van der Waals surface area contributed by atoms with Gasteiger partial charge < -0.3 is 0 Å². The van der Waals surface area contributed by atoms with Crippen LogP contribution in [0.1, 0.15) is 0 Å². The fourth-order valence-electron chi connectivity index (χ4n) is 0.0423. The molecule has 0 radical (unpaired) electrons. The highest BCUT2D eigenvalue weighted by molar-refractivity contribution is 5.11. The number of halogens is 3. The number of hydrogen-bond acceptors (Lipinski definition) is 1. The van der Waals surface area contributed by atoms with Crippen LogP contribution >= 0.6 is 0 Å². The molecule has 0 atom stereocenters. The second-order valence-electron chi connectivity index (χ2n) is 0.686. The first kappa shape index (κ1) is 6.02. The minimum atomic E-state index is -2.57. The van der Waals surface area contributed by atoms with Crippen molar-refractivity contribution in [2.75, 3.05) is 0 Å². The van der Waals surface area contributed by atoms with Gasteiger partial charge in [-0.2, -0.15) is 18.4 Å². The van der Waals surface area contributed by atoms with Crippen molar-refractivity contribution in [1.29, 1.82) is 5.26 Å². The van der Waals surface area contributed by atoms with E-state index in [-0.39, 0.29) is 0 Å². The number of allylic oxidation sites excluding steroid dienone is 1. The van der Waals surface area contributed by atoms with Gasteiger partial charge in [0.25, 0.3) is 5.83 Å². The number of hydrogen-bond donors (Lipinski definition) is 0. The smallest absolute Gasteiger partial charge is 0.190 e. The Morgan fingerprint density at radius 1 is 1.29 bits per heavy atom. The Morgan fingerprint density at radius 2 is 1.71 bits per heavy atom. The molecule has 0 aromatic carbocycles. The van der Waals surface area contributed by atoms with Gasteiger partial charge in [0.15, 0.2) is 0 Å². The Labute approximate surface area is 37.7 Å². The molecule has 0 unspecified atom stereocenters. The molecule has 0 aromatic rings. The van der Waals surface area contributed by atoms with E-state index in [4.69, 9.17) is 5.26 Å². The standard InChI is InChI=1S/C3F3N/c4-2(1-7)3(5)6. The van der Waals surface area contributed by atoms with E-state index >= 15 is 0 Å². The predicted molar refractivity (Wildman–Crippen MR) is 16.0 cm³/mol. The minimum absolute atomic E-state index is 0.627. The normalized spacial score (nSPS) is 7.14. The summed E-state index contributed by atoms with van der Waals surface area (Å²) in [7, 11) is 0. The molecule has 7 heavy (non-hydrogen) atoms. The van der Waals surface area contributed by atoms with E-state index in [0.29, 0.717) is 6.07 Å². The van der Waals surface area contributed by atoms with Crippen LogP contribution in [0.3, 0.4) is 0 Å². The highest BCUT2D eigenvalue weighted by atomic mass is 19.3. The molecule has 0 amide bonds. The van der Waals surface area contributed by atoms with Gasteiger partial charge in [-0.05, 0) is 0 Å². The lowest BCUT2D eigenvalue weighted by molar-refractivity contribution is 0.388. The van der Waals surface area contributed by atoms with E-state index in [1.165, 1.54) is 0 Å². The van der Waals surface area contributed by atoms with Crippen LogP contribution in [0.5, 0.6) is 0 Å². The van der Waals surface area contributed by atoms with E-state index in [1.54, 1.807) is 0 Å². The molecule has 0 bridgehead atoms. The Morgan fingerprint density at radius 3 is 1.71 bits per heavy atom. The van der Waals surface area contributed by atoms with Gasteiger partial charge in [-0.1, -0.05) is 0 Å². The Balaban J connectivity index is 4.07. The van der Waals surface area contributed by atoms with E-state index in [1.807, 2.05) is 0 Å². The lowest BCUT2D eigenvalue weighted by Gasteiger charge is -1.70. The average Bonchev–Trinajstić information content (AvgIpc) is 1.65. The van der Waals surface area contributed by atoms with Crippen molar-refractivity contribution >= 4 is 0 Å². The third-order valence-electron chi connectivity index (χ3n) is 0.264. The first-order chi connectivity index (χ1) is 3.18. The molecular weight excluding hydrogens is 107 g/mol. The van der Waals surface area contributed by atoms with Gasteiger partial charge >= 0.3 is 6.08 Å². The van der Waals surface area contributed by atoms with Crippen molar-refractivity contribution in [2.45, 2.75) is 0 Å². The van der Waals surface area contributed by atoms with Gasteiger partial charge in [-0.15, -0.1) is 0 Å². The van der Waals surface area contributed by atoms with Crippen molar-refractivity contribution < 1.29 is 13.2 Å². The van der Waals surface area contributed by atoms with Crippen LogP contribution in [0.4, 0.5) is 13.2 Å². The van der Waals surface area contributed by atoms with Crippen LogP contribution in [0.25, 0.3) is 0 Å². The molecule has 38 valence electrons. The third kappa shape index (κ3) is 1.82. The van der Waals surface area contributed by atoms with Gasteiger partial charge in [-0.25, -0.2) is 0 Å². The minimum Gasteiger partial charge on any atom is -0.190 e. The molecule has 4 heteroatoms. The lowest BCUT2D eigenvalue weighted by atomic mass is 10.7. The molecule has 0 N–H and O–H groups in total. The number of nitriles is 1. The van der Waals surface area contributed by atoms with Crippen LogP contribution in [-0.4, -0.2) is 0 Å². The number of rotatable bonds is 0. The molecular formula is C3F3N. The van der Waals surface area contributed by atoms with Crippen molar-refractivity contribution in [3.63, 3.8) is 0 Å². The maximum Gasteiger partial charge on any atom is 0.316 e. The van der Waals surface area contributed by atoms with Crippen LogP contribution < -0.4 is 0 Å². The molecule has 1 nitrogen and oxygen atoms in total. The van der Waals surface area contributed by atoms with E-state index in [9.17, 15) is 13.2 Å². The molecule has 0 fully saturated rings. The maximum atomic E-state index is 11.0. The highest BCUT2D eigenvalue weighted by Crippen LogP contribution is 2.05. The second-order valence-corrected chi connectivity index (χ2v) is 0.686. The largest absolute Gasteiger partial charge is 0.316 e. The summed E-state index contributed by atoms with van der Waals surface area (Å²) in [5.74, 6) is -2.01. The zero-order chi connectivity index (χ0) is 5.86. The van der Waals surface area contributed by atoms with Gasteiger partial charge in [-0.3, -0.25) is 0 Å². The molecule has 0 aliphatic heterocycles. The fraction of sp³-hybridized carbons (Fsp3) is 0. The van der Waals surface area contributed by atoms with Crippen molar-refractivity contribution in [3.8, 4) is 6.07 Å². The molecule has 0 saturated heterocycles. The van der Waals surface area contributed by atoms with Gasteiger partial charge in [0.2, 0.25) is 0 Å². The summed E-state index contributed by atoms with van der Waals surface area (Å²) in [5, 5.41) is 7.34. The molecule has 0 rings (SSSR count). The van der Waals surface area contributed by atoms with Crippen molar-refractivity contribution in [1.82, 2.24) is 0 Å². The SMILES string of the molecule is N#CC(F)=C(F)F. The predicted octanol–water partition coefficient (Wildman–Crippen LogP) is 1.59. The topological polar surface area (TPSA) is 23.8 Å². The average molecular weight is 107 g/mol. The van der Waals surface area contributed by atoms with Crippen LogP contribution in [-0.2, 0) is 0 Å². The molecule has 0 heterocycles. The molecule has 0 spiro atoms. The molecule has 0 saturated carbocycles. The highest BCUT2D eigenvalue weighted by Gasteiger charge is 1.99.